The Hall–Kier alpha value is -2.86. The topological polar surface area (TPSA) is 64.6 Å². The minimum atomic E-state index is -0.344. The molecule has 0 fully saturated rings. The average molecular weight is 508 g/mol. The number of nitrogens with one attached hydrogen (secondary N) is 1. The third-order valence-corrected chi connectivity index (χ3v) is 7.43. The first-order valence-electron chi connectivity index (χ1n) is 11.4. The average Bonchev–Trinajstić information content (AvgIpc) is 2.82. The largest absolute Gasteiger partial charge is 0.493 e. The van der Waals surface area contributed by atoms with E-state index in [1.54, 1.807) is 7.11 Å². The summed E-state index contributed by atoms with van der Waals surface area (Å²) in [5.41, 5.74) is 5.40. The van der Waals surface area contributed by atoms with Gasteiger partial charge in [-0.2, -0.15) is 0 Å². The predicted molar refractivity (Wildman–Crippen MR) is 129 cm³/mol. The maximum atomic E-state index is 13.0. The molecule has 0 bridgehead atoms. The van der Waals surface area contributed by atoms with Gasteiger partial charge in [-0.3, -0.25) is 9.59 Å². The molecule has 0 spiro atoms. The van der Waals surface area contributed by atoms with Gasteiger partial charge in [-0.1, -0.05) is 40.2 Å². The highest BCUT2D eigenvalue weighted by molar-refractivity contribution is 9.10. The van der Waals surface area contributed by atoms with Gasteiger partial charge in [-0.05, 0) is 49.4 Å². The van der Waals surface area contributed by atoms with Gasteiger partial charge < -0.3 is 14.8 Å². The third kappa shape index (κ3) is 4.12. The van der Waals surface area contributed by atoms with Crippen molar-refractivity contribution in [2.75, 3.05) is 7.11 Å². The third-order valence-electron chi connectivity index (χ3n) is 6.65. The molecule has 0 saturated carbocycles. The quantitative estimate of drug-likeness (QED) is 0.559. The Balaban J connectivity index is 1.52. The molecule has 2 aliphatic carbocycles. The van der Waals surface area contributed by atoms with Gasteiger partial charge in [0.05, 0.1) is 7.11 Å². The van der Waals surface area contributed by atoms with E-state index in [4.69, 9.17) is 9.47 Å². The van der Waals surface area contributed by atoms with Crippen molar-refractivity contribution in [2.45, 2.75) is 51.0 Å². The molecule has 2 aromatic carbocycles. The summed E-state index contributed by atoms with van der Waals surface area (Å²) < 4.78 is 12.7. The first kappa shape index (κ1) is 22.0. The molecule has 0 aromatic heterocycles. The smallest absolute Gasteiger partial charge is 0.161 e. The van der Waals surface area contributed by atoms with Crippen molar-refractivity contribution < 1.29 is 19.1 Å². The summed E-state index contributed by atoms with van der Waals surface area (Å²) in [6, 6.07) is 13.7. The Kier molecular flexibility index (Phi) is 6.11. The standard InChI is InChI=1S/C27H26BrNO4/c1-32-24-14-16(12-13-23(24)33-15-17-6-2-3-7-18(17)28)25-26-19(8-4-10-21(26)30)29-20-9-5-11-22(31)27(20)25/h2-3,6-7,12-14,25,29H,4-5,8-11,15H2,1H3. The van der Waals surface area contributed by atoms with Crippen molar-refractivity contribution in [2.24, 2.45) is 0 Å². The molecule has 0 amide bonds. The van der Waals surface area contributed by atoms with Crippen LogP contribution in [0, 0.1) is 0 Å². The van der Waals surface area contributed by atoms with Gasteiger partial charge in [0.2, 0.25) is 0 Å². The van der Waals surface area contributed by atoms with Gasteiger partial charge in [-0.25, -0.2) is 0 Å². The Labute approximate surface area is 202 Å². The number of halogens is 1. The first-order valence-corrected chi connectivity index (χ1v) is 12.2. The summed E-state index contributed by atoms with van der Waals surface area (Å²) in [4.78, 5) is 26.0. The summed E-state index contributed by atoms with van der Waals surface area (Å²) in [5, 5.41) is 3.46. The van der Waals surface area contributed by atoms with Crippen LogP contribution in [0.5, 0.6) is 11.5 Å². The van der Waals surface area contributed by atoms with E-state index >= 15 is 0 Å². The summed E-state index contributed by atoms with van der Waals surface area (Å²) in [6.45, 7) is 0.395. The van der Waals surface area contributed by atoms with Crippen molar-refractivity contribution in [3.63, 3.8) is 0 Å². The highest BCUT2D eigenvalue weighted by Crippen LogP contribution is 2.46. The number of methoxy groups -OCH3 is 1. The lowest BCUT2D eigenvalue weighted by Crippen LogP contribution is -2.36. The van der Waals surface area contributed by atoms with Crippen LogP contribution in [0.4, 0.5) is 0 Å². The number of ketones is 2. The van der Waals surface area contributed by atoms with Crippen molar-refractivity contribution in [1.29, 1.82) is 0 Å². The number of hydrogen-bond acceptors (Lipinski definition) is 5. The van der Waals surface area contributed by atoms with Crippen LogP contribution in [0.25, 0.3) is 0 Å². The lowest BCUT2D eigenvalue weighted by atomic mass is 9.71. The molecule has 1 aliphatic heterocycles. The Morgan fingerprint density at radius 3 is 2.21 bits per heavy atom. The Bertz CT molecular complexity index is 1150. The molecule has 33 heavy (non-hydrogen) atoms. The summed E-state index contributed by atoms with van der Waals surface area (Å²) in [7, 11) is 1.61. The number of carbonyl (C=O) groups excluding carboxylic acids is 2. The lowest BCUT2D eigenvalue weighted by Gasteiger charge is -2.37. The Morgan fingerprint density at radius 1 is 0.909 bits per heavy atom. The number of rotatable bonds is 5. The van der Waals surface area contributed by atoms with Crippen LogP contribution in [-0.4, -0.2) is 18.7 Å². The lowest BCUT2D eigenvalue weighted by molar-refractivity contribution is -0.116. The zero-order chi connectivity index (χ0) is 22.9. The second-order valence-corrected chi connectivity index (χ2v) is 9.54. The van der Waals surface area contributed by atoms with E-state index in [9.17, 15) is 9.59 Å². The minimum Gasteiger partial charge on any atom is -0.493 e. The van der Waals surface area contributed by atoms with Crippen LogP contribution in [-0.2, 0) is 16.2 Å². The molecule has 6 heteroatoms. The maximum absolute atomic E-state index is 13.0. The molecule has 0 unspecified atom stereocenters. The number of Topliss-reactive ketones (excluding diaryl/α,β-unsaturated/α-hetero) is 2. The second-order valence-electron chi connectivity index (χ2n) is 8.69. The maximum Gasteiger partial charge on any atom is 0.161 e. The van der Waals surface area contributed by atoms with Crippen molar-refractivity contribution in [3.05, 3.63) is 80.6 Å². The molecule has 5 rings (SSSR count). The SMILES string of the molecule is COc1cc(C2C3=C(CCCC3=O)NC3=C2C(=O)CCC3)ccc1OCc1ccccc1Br. The van der Waals surface area contributed by atoms with E-state index in [1.807, 2.05) is 42.5 Å². The molecular formula is C27H26BrNO4. The molecule has 0 saturated heterocycles. The van der Waals surface area contributed by atoms with Gasteiger partial charge in [0.25, 0.3) is 0 Å². The fourth-order valence-electron chi connectivity index (χ4n) is 5.07. The molecule has 0 radical (unpaired) electrons. The summed E-state index contributed by atoms with van der Waals surface area (Å²) in [6.07, 6.45) is 4.42. The van der Waals surface area contributed by atoms with E-state index in [2.05, 4.69) is 21.2 Å². The van der Waals surface area contributed by atoms with E-state index < -0.39 is 0 Å². The monoisotopic (exact) mass is 507 g/mol. The molecule has 2 aromatic rings. The van der Waals surface area contributed by atoms with Gasteiger partial charge in [0.1, 0.15) is 6.61 Å². The zero-order valence-electron chi connectivity index (χ0n) is 18.6. The van der Waals surface area contributed by atoms with Crippen LogP contribution >= 0.6 is 15.9 Å². The van der Waals surface area contributed by atoms with Gasteiger partial charge >= 0.3 is 0 Å². The zero-order valence-corrected chi connectivity index (χ0v) is 20.2. The fraction of sp³-hybridized carbons (Fsp3) is 0.333. The van der Waals surface area contributed by atoms with E-state index in [0.29, 0.717) is 30.9 Å². The number of allylic oxidation sites excluding steroid dienone is 4. The molecule has 1 N–H and O–H groups in total. The number of benzene rings is 2. The molecule has 5 nitrogen and oxygen atoms in total. The summed E-state index contributed by atoms with van der Waals surface area (Å²) >= 11 is 3.55. The summed E-state index contributed by atoms with van der Waals surface area (Å²) in [5.74, 6) is 1.13. The van der Waals surface area contributed by atoms with E-state index in [-0.39, 0.29) is 17.5 Å². The van der Waals surface area contributed by atoms with Crippen LogP contribution < -0.4 is 14.8 Å². The van der Waals surface area contributed by atoms with Gasteiger partial charge in [0, 0.05) is 51.3 Å². The number of hydrogen-bond donors (Lipinski definition) is 1. The second kappa shape index (κ2) is 9.18. The van der Waals surface area contributed by atoms with Crippen molar-refractivity contribution in [1.82, 2.24) is 5.32 Å². The molecule has 170 valence electrons. The number of ether oxygens (including phenoxy) is 2. The first-order chi connectivity index (χ1) is 16.1. The van der Waals surface area contributed by atoms with Crippen molar-refractivity contribution in [3.8, 4) is 11.5 Å². The normalized spacial score (nSPS) is 18.6. The van der Waals surface area contributed by atoms with Gasteiger partial charge in [0.15, 0.2) is 23.1 Å². The van der Waals surface area contributed by atoms with E-state index in [1.165, 1.54) is 0 Å². The molecule has 3 aliphatic rings. The minimum absolute atomic E-state index is 0.131. The highest BCUT2D eigenvalue weighted by atomic mass is 79.9. The van der Waals surface area contributed by atoms with Crippen LogP contribution in [0.3, 0.4) is 0 Å². The van der Waals surface area contributed by atoms with Crippen LogP contribution in [0.15, 0.2) is 69.5 Å². The number of dihydropyridines is 1. The van der Waals surface area contributed by atoms with E-state index in [0.717, 1.165) is 63.8 Å². The van der Waals surface area contributed by atoms with Crippen LogP contribution in [0.2, 0.25) is 0 Å². The van der Waals surface area contributed by atoms with Crippen molar-refractivity contribution >= 4 is 27.5 Å². The fourth-order valence-corrected chi connectivity index (χ4v) is 5.47. The highest BCUT2D eigenvalue weighted by Gasteiger charge is 2.40. The molecular weight excluding hydrogens is 482 g/mol. The number of carbonyl (C=O) groups is 2. The predicted octanol–water partition coefficient (Wildman–Crippen LogP) is 5.74. The molecule has 1 heterocycles. The molecule has 0 atom stereocenters. The Morgan fingerprint density at radius 2 is 1.58 bits per heavy atom. The van der Waals surface area contributed by atoms with Gasteiger partial charge in [-0.15, -0.1) is 0 Å². The van der Waals surface area contributed by atoms with Crippen LogP contribution in [0.1, 0.15) is 55.6 Å².